The molecule has 4 aliphatic carbocycles. The van der Waals surface area contributed by atoms with Gasteiger partial charge in [0.1, 0.15) is 0 Å². The standard InChI is InChI=1S/C20H25N/c1-15-7-8-16-11-17(12-16)14-20(2,13-15)21-10-9-18-5-3-4-6-19(18)21/h5-6,8-10,14-15H,3-4,7,11-13H2,1-2H3. The van der Waals surface area contributed by atoms with E-state index in [1.807, 2.05) is 0 Å². The van der Waals surface area contributed by atoms with Crippen LogP contribution in [0.25, 0.3) is 12.2 Å². The maximum atomic E-state index is 2.58. The fourth-order valence-corrected chi connectivity index (χ4v) is 4.35. The molecule has 0 spiro atoms. The molecule has 1 fully saturated rings. The Morgan fingerprint density at radius 3 is 2.76 bits per heavy atom. The highest BCUT2D eigenvalue weighted by atomic mass is 15.0. The number of fused-ring (bicyclic) bond motifs is 6. The SMILES string of the molecule is CC1CC=C2CC(=CC(C)(n3ccc4c3=CCCC=4)C1)C2. The Morgan fingerprint density at radius 1 is 1.10 bits per heavy atom. The van der Waals surface area contributed by atoms with Crippen molar-refractivity contribution in [2.45, 2.75) is 57.9 Å². The van der Waals surface area contributed by atoms with E-state index < -0.39 is 0 Å². The van der Waals surface area contributed by atoms with Gasteiger partial charge in [0.15, 0.2) is 0 Å². The molecular weight excluding hydrogens is 254 g/mol. The van der Waals surface area contributed by atoms with Crippen molar-refractivity contribution in [3.05, 3.63) is 46.1 Å². The fourth-order valence-electron chi connectivity index (χ4n) is 4.35. The second-order valence-corrected chi connectivity index (χ2v) is 7.43. The Hall–Kier alpha value is -1.50. The molecule has 5 rings (SSSR count). The molecule has 110 valence electrons. The van der Waals surface area contributed by atoms with Crippen molar-refractivity contribution in [1.29, 1.82) is 0 Å². The third kappa shape index (κ3) is 2.23. The molecule has 1 aromatic rings. The first-order valence-corrected chi connectivity index (χ1v) is 8.41. The third-order valence-electron chi connectivity index (χ3n) is 5.37. The van der Waals surface area contributed by atoms with Gasteiger partial charge in [0, 0.05) is 11.5 Å². The van der Waals surface area contributed by atoms with Crippen LogP contribution in [0.1, 0.15) is 52.4 Å². The van der Waals surface area contributed by atoms with Gasteiger partial charge in [-0.3, -0.25) is 0 Å². The quantitative estimate of drug-likeness (QED) is 0.692. The Bertz CT molecular complexity index is 733. The van der Waals surface area contributed by atoms with Gasteiger partial charge in [0.05, 0.1) is 5.54 Å². The average Bonchev–Trinajstić information content (AvgIpc) is 2.87. The highest BCUT2D eigenvalue weighted by molar-refractivity contribution is 5.38. The lowest BCUT2D eigenvalue weighted by atomic mass is 9.82. The van der Waals surface area contributed by atoms with Crippen LogP contribution < -0.4 is 10.6 Å². The number of hydrogen-bond acceptors (Lipinski definition) is 0. The molecule has 1 saturated carbocycles. The van der Waals surface area contributed by atoms with Crippen LogP contribution in [-0.2, 0) is 5.54 Å². The van der Waals surface area contributed by atoms with Crippen LogP contribution >= 0.6 is 0 Å². The van der Waals surface area contributed by atoms with Crippen molar-refractivity contribution in [2.24, 2.45) is 5.92 Å². The monoisotopic (exact) mass is 279 g/mol. The molecule has 2 unspecified atom stereocenters. The van der Waals surface area contributed by atoms with Gasteiger partial charge < -0.3 is 4.57 Å². The van der Waals surface area contributed by atoms with Crippen LogP contribution in [0.3, 0.4) is 0 Å². The summed E-state index contributed by atoms with van der Waals surface area (Å²) in [5.41, 5.74) is 3.43. The van der Waals surface area contributed by atoms with Crippen molar-refractivity contribution < 1.29 is 0 Å². The highest BCUT2D eigenvalue weighted by Gasteiger charge is 2.31. The molecule has 4 aliphatic rings. The third-order valence-corrected chi connectivity index (χ3v) is 5.37. The minimum atomic E-state index is 0.133. The van der Waals surface area contributed by atoms with E-state index in [0.29, 0.717) is 0 Å². The lowest BCUT2D eigenvalue weighted by Crippen LogP contribution is -2.42. The van der Waals surface area contributed by atoms with Gasteiger partial charge in [-0.1, -0.05) is 42.4 Å². The minimum Gasteiger partial charge on any atom is -0.338 e. The molecule has 1 nitrogen and oxygen atoms in total. The zero-order valence-electron chi connectivity index (χ0n) is 13.2. The van der Waals surface area contributed by atoms with Gasteiger partial charge in [-0.2, -0.15) is 0 Å². The maximum absolute atomic E-state index is 2.58. The van der Waals surface area contributed by atoms with E-state index in [1.54, 1.807) is 11.1 Å². The van der Waals surface area contributed by atoms with Crippen LogP contribution in [0.4, 0.5) is 0 Å². The first-order chi connectivity index (χ1) is 10.1. The lowest BCUT2D eigenvalue weighted by molar-refractivity contribution is 0.309. The number of allylic oxidation sites excluding steroid dienone is 4. The van der Waals surface area contributed by atoms with Crippen LogP contribution in [0.15, 0.2) is 35.6 Å². The fraction of sp³-hybridized carbons (Fsp3) is 0.500. The van der Waals surface area contributed by atoms with E-state index in [2.05, 4.69) is 55.0 Å². The summed E-state index contributed by atoms with van der Waals surface area (Å²) in [5, 5.41) is 2.88. The van der Waals surface area contributed by atoms with Gasteiger partial charge in [-0.05, 0) is 62.7 Å². The molecule has 0 aliphatic heterocycles. The molecule has 0 saturated heterocycles. The summed E-state index contributed by atoms with van der Waals surface area (Å²) in [6.07, 6.45) is 19.5. The van der Waals surface area contributed by atoms with Gasteiger partial charge in [0.2, 0.25) is 0 Å². The molecule has 2 atom stereocenters. The number of nitrogens with zero attached hydrogens (tertiary/aromatic N) is 1. The van der Waals surface area contributed by atoms with E-state index >= 15 is 0 Å². The molecule has 1 heteroatoms. The normalized spacial score (nSPS) is 31.2. The first-order valence-electron chi connectivity index (χ1n) is 8.41. The molecule has 0 N–H and O–H groups in total. The summed E-state index contributed by atoms with van der Waals surface area (Å²) < 4.78 is 2.55. The van der Waals surface area contributed by atoms with Crippen LogP contribution in [0, 0.1) is 5.92 Å². The Kier molecular flexibility index (Phi) is 2.99. The Morgan fingerprint density at radius 2 is 1.90 bits per heavy atom. The van der Waals surface area contributed by atoms with Gasteiger partial charge in [-0.25, -0.2) is 0 Å². The summed E-state index contributed by atoms with van der Waals surface area (Å²) in [7, 11) is 0. The van der Waals surface area contributed by atoms with E-state index in [1.165, 1.54) is 49.1 Å². The largest absolute Gasteiger partial charge is 0.338 e. The summed E-state index contributed by atoms with van der Waals surface area (Å²) in [6, 6.07) is 2.30. The second kappa shape index (κ2) is 4.76. The number of rotatable bonds is 1. The van der Waals surface area contributed by atoms with Gasteiger partial charge in [-0.15, -0.1) is 0 Å². The van der Waals surface area contributed by atoms with Gasteiger partial charge in [0.25, 0.3) is 0 Å². The van der Waals surface area contributed by atoms with Crippen LogP contribution in [0.2, 0.25) is 0 Å². The van der Waals surface area contributed by atoms with Crippen LogP contribution in [-0.4, -0.2) is 4.57 Å². The molecule has 21 heavy (non-hydrogen) atoms. The van der Waals surface area contributed by atoms with E-state index in [0.717, 1.165) is 5.92 Å². The van der Waals surface area contributed by atoms with Crippen LogP contribution in [0.5, 0.6) is 0 Å². The van der Waals surface area contributed by atoms with Gasteiger partial charge >= 0.3 is 0 Å². The Balaban J connectivity index is 1.84. The zero-order chi connectivity index (χ0) is 14.4. The van der Waals surface area contributed by atoms with Crippen molar-refractivity contribution in [3.63, 3.8) is 0 Å². The second-order valence-electron chi connectivity index (χ2n) is 7.43. The summed E-state index contributed by atoms with van der Waals surface area (Å²) in [6.45, 7) is 4.84. The van der Waals surface area contributed by atoms with E-state index in [-0.39, 0.29) is 5.54 Å². The summed E-state index contributed by atoms with van der Waals surface area (Å²) in [5.74, 6) is 0.740. The summed E-state index contributed by atoms with van der Waals surface area (Å²) >= 11 is 0. The Labute approximate surface area is 127 Å². The van der Waals surface area contributed by atoms with Crippen molar-refractivity contribution in [2.75, 3.05) is 0 Å². The van der Waals surface area contributed by atoms with E-state index in [9.17, 15) is 0 Å². The molecule has 0 amide bonds. The molecular formula is C20H25N. The smallest absolute Gasteiger partial charge is 0.0605 e. The zero-order valence-corrected chi connectivity index (χ0v) is 13.2. The first kappa shape index (κ1) is 13.2. The molecule has 1 heterocycles. The van der Waals surface area contributed by atoms with Crippen molar-refractivity contribution >= 4 is 12.2 Å². The minimum absolute atomic E-state index is 0.133. The summed E-state index contributed by atoms with van der Waals surface area (Å²) in [4.78, 5) is 0. The number of hydrogen-bond donors (Lipinski definition) is 0. The average molecular weight is 279 g/mol. The molecule has 2 bridgehead atoms. The lowest BCUT2D eigenvalue weighted by Gasteiger charge is -2.33. The predicted octanol–water partition coefficient (Wildman–Crippen LogP) is 3.63. The topological polar surface area (TPSA) is 4.93 Å². The molecule has 0 radical (unpaired) electrons. The van der Waals surface area contributed by atoms with Crippen molar-refractivity contribution in [3.8, 4) is 0 Å². The maximum Gasteiger partial charge on any atom is 0.0605 e. The molecule has 0 aromatic carbocycles. The van der Waals surface area contributed by atoms with E-state index in [4.69, 9.17) is 0 Å². The molecule has 1 aromatic heterocycles. The highest BCUT2D eigenvalue weighted by Crippen LogP contribution is 2.40. The number of aromatic nitrogens is 1. The predicted molar refractivity (Wildman–Crippen MR) is 89.3 cm³/mol. The van der Waals surface area contributed by atoms with Crippen molar-refractivity contribution in [1.82, 2.24) is 4.57 Å².